The van der Waals surface area contributed by atoms with E-state index in [1.165, 1.54) is 12.1 Å². The molecule has 0 atom stereocenters. The second kappa shape index (κ2) is 3.89. The third kappa shape index (κ3) is 2.95. The molecule has 0 heterocycles. The van der Waals surface area contributed by atoms with Crippen LogP contribution in [0.4, 0.5) is 18.6 Å². The lowest BCUT2D eigenvalue weighted by atomic mass is 9.79. The van der Waals surface area contributed by atoms with Crippen molar-refractivity contribution in [3.63, 3.8) is 0 Å². The molecule has 80 valence electrons. The van der Waals surface area contributed by atoms with E-state index in [2.05, 4.69) is 5.92 Å². The Labute approximate surface area is 86.5 Å². The lowest BCUT2D eigenvalue weighted by Gasteiger charge is -2.16. The third-order valence-electron chi connectivity index (χ3n) is 2.14. The predicted octanol–water partition coefficient (Wildman–Crippen LogP) is 2.49. The first-order chi connectivity index (χ1) is 6.83. The number of nitrogens with two attached hydrogens (primary N) is 1. The van der Waals surface area contributed by atoms with Crippen LogP contribution in [0, 0.1) is 19.3 Å². The van der Waals surface area contributed by atoms with Crippen LogP contribution in [0.15, 0.2) is 12.1 Å². The highest BCUT2D eigenvalue weighted by molar-refractivity contribution is 6.57. The lowest BCUT2D eigenvalue weighted by molar-refractivity contribution is 0.468. The summed E-state index contributed by atoms with van der Waals surface area (Å²) in [5, 5.41) is 0. The maximum Gasteiger partial charge on any atom is 0.482 e. The van der Waals surface area contributed by atoms with Crippen LogP contribution in [-0.4, -0.2) is 6.98 Å². The van der Waals surface area contributed by atoms with E-state index < -0.39 is 13.3 Å². The maximum absolute atomic E-state index is 12.3. The molecular formula is C10H10BF3N-. The molecule has 5 heteroatoms. The normalized spacial score (nSPS) is 11.1. The average molecular weight is 212 g/mol. The number of terminal acetylenes is 1. The van der Waals surface area contributed by atoms with Gasteiger partial charge in [0.25, 0.3) is 0 Å². The van der Waals surface area contributed by atoms with Crippen molar-refractivity contribution < 1.29 is 12.9 Å². The van der Waals surface area contributed by atoms with Crippen LogP contribution in [-0.2, 0) is 6.32 Å². The zero-order chi connectivity index (χ0) is 11.6. The van der Waals surface area contributed by atoms with Crippen LogP contribution >= 0.6 is 0 Å². The molecule has 0 amide bonds. The number of rotatable bonds is 2. The van der Waals surface area contributed by atoms with Crippen molar-refractivity contribution in [2.24, 2.45) is 0 Å². The molecule has 1 aromatic carbocycles. The number of benzene rings is 1. The van der Waals surface area contributed by atoms with Crippen LogP contribution in [0.25, 0.3) is 0 Å². The Morgan fingerprint density at radius 1 is 1.40 bits per heavy atom. The fourth-order valence-electron chi connectivity index (χ4n) is 1.41. The quantitative estimate of drug-likeness (QED) is 0.454. The lowest BCUT2D eigenvalue weighted by Crippen LogP contribution is -2.20. The van der Waals surface area contributed by atoms with Crippen LogP contribution in [0.5, 0.6) is 0 Å². The summed E-state index contributed by atoms with van der Waals surface area (Å²) in [6, 6.07) is 2.83. The standard InChI is InChI=1S/C10H10BF3N/c1-3-8-4-10(15)5-9(7(8)2)6-11(12,13)14/h1,4-5H,6,15H2,2H3/q-1. The summed E-state index contributed by atoms with van der Waals surface area (Å²) in [4.78, 5) is 0. The van der Waals surface area contributed by atoms with E-state index in [4.69, 9.17) is 12.2 Å². The van der Waals surface area contributed by atoms with Gasteiger partial charge in [-0.2, -0.15) is 0 Å². The van der Waals surface area contributed by atoms with Crippen molar-refractivity contribution in [1.29, 1.82) is 0 Å². The second-order valence-electron chi connectivity index (χ2n) is 3.41. The first-order valence-electron chi connectivity index (χ1n) is 4.40. The summed E-state index contributed by atoms with van der Waals surface area (Å²) in [6.07, 6.45) is 4.23. The van der Waals surface area contributed by atoms with Gasteiger partial charge in [-0.15, -0.1) is 6.42 Å². The zero-order valence-corrected chi connectivity index (χ0v) is 8.23. The van der Waals surface area contributed by atoms with E-state index >= 15 is 0 Å². The molecule has 0 fully saturated rings. The summed E-state index contributed by atoms with van der Waals surface area (Å²) < 4.78 is 36.8. The molecule has 0 saturated heterocycles. The van der Waals surface area contributed by atoms with Crippen LogP contribution in [0.1, 0.15) is 16.7 Å². The molecule has 0 aromatic heterocycles. The first-order valence-corrected chi connectivity index (χ1v) is 4.40. The Balaban J connectivity index is 3.20. The Kier molecular flexibility index (Phi) is 2.99. The molecule has 0 spiro atoms. The van der Waals surface area contributed by atoms with Crippen molar-refractivity contribution in [2.75, 3.05) is 5.73 Å². The molecule has 15 heavy (non-hydrogen) atoms. The molecule has 0 aliphatic heterocycles. The Hall–Kier alpha value is -1.57. The van der Waals surface area contributed by atoms with Crippen molar-refractivity contribution in [2.45, 2.75) is 13.2 Å². The smallest absolute Gasteiger partial charge is 0.449 e. The largest absolute Gasteiger partial charge is 0.482 e. The predicted molar refractivity (Wildman–Crippen MR) is 56.3 cm³/mol. The molecule has 0 aliphatic rings. The summed E-state index contributed by atoms with van der Waals surface area (Å²) in [5.74, 6) is 2.32. The van der Waals surface area contributed by atoms with Gasteiger partial charge in [0, 0.05) is 11.3 Å². The van der Waals surface area contributed by atoms with Gasteiger partial charge in [0.2, 0.25) is 0 Å². The fourth-order valence-corrected chi connectivity index (χ4v) is 1.41. The van der Waals surface area contributed by atoms with E-state index in [1.807, 2.05) is 0 Å². The molecule has 0 bridgehead atoms. The molecule has 1 aromatic rings. The van der Waals surface area contributed by atoms with Crippen LogP contribution in [0.3, 0.4) is 0 Å². The summed E-state index contributed by atoms with van der Waals surface area (Å²) in [6.45, 7) is -3.29. The van der Waals surface area contributed by atoms with Gasteiger partial charge in [0.1, 0.15) is 0 Å². The monoisotopic (exact) mass is 212 g/mol. The van der Waals surface area contributed by atoms with Gasteiger partial charge in [-0.1, -0.05) is 17.8 Å². The number of halogens is 3. The van der Waals surface area contributed by atoms with E-state index in [0.29, 0.717) is 11.1 Å². The van der Waals surface area contributed by atoms with Crippen molar-refractivity contribution >= 4 is 12.7 Å². The Morgan fingerprint density at radius 2 is 2.00 bits per heavy atom. The highest BCUT2D eigenvalue weighted by Crippen LogP contribution is 2.23. The fraction of sp³-hybridized carbons (Fsp3) is 0.200. The Bertz CT molecular complexity index is 418. The summed E-state index contributed by atoms with van der Waals surface area (Å²) >= 11 is 0. The van der Waals surface area contributed by atoms with Gasteiger partial charge >= 0.3 is 6.98 Å². The van der Waals surface area contributed by atoms with Gasteiger partial charge in [0.05, 0.1) is 0 Å². The molecule has 0 saturated carbocycles. The van der Waals surface area contributed by atoms with Crippen molar-refractivity contribution in [3.05, 3.63) is 28.8 Å². The van der Waals surface area contributed by atoms with Gasteiger partial charge in [-0.05, 0) is 24.6 Å². The van der Waals surface area contributed by atoms with Gasteiger partial charge in [-0.3, -0.25) is 0 Å². The van der Waals surface area contributed by atoms with Crippen molar-refractivity contribution in [1.82, 2.24) is 0 Å². The van der Waals surface area contributed by atoms with Gasteiger partial charge in [0.15, 0.2) is 0 Å². The average Bonchev–Trinajstić information content (AvgIpc) is 2.08. The minimum Gasteiger partial charge on any atom is -0.449 e. The number of hydrogen-bond acceptors (Lipinski definition) is 1. The maximum atomic E-state index is 12.3. The van der Waals surface area contributed by atoms with E-state index in [0.717, 1.165) is 0 Å². The van der Waals surface area contributed by atoms with E-state index in [1.54, 1.807) is 6.92 Å². The van der Waals surface area contributed by atoms with Gasteiger partial charge in [-0.25, -0.2) is 0 Å². The molecule has 0 radical (unpaired) electrons. The summed E-state index contributed by atoms with van der Waals surface area (Å²) in [5.41, 5.74) is 6.80. The summed E-state index contributed by atoms with van der Waals surface area (Å²) in [7, 11) is 0. The Morgan fingerprint density at radius 3 is 2.47 bits per heavy atom. The third-order valence-corrected chi connectivity index (χ3v) is 2.14. The van der Waals surface area contributed by atoms with Crippen molar-refractivity contribution in [3.8, 4) is 12.3 Å². The minimum absolute atomic E-state index is 0.162. The zero-order valence-electron chi connectivity index (χ0n) is 8.23. The van der Waals surface area contributed by atoms with Crippen LogP contribution in [0.2, 0.25) is 0 Å². The minimum atomic E-state index is -4.86. The van der Waals surface area contributed by atoms with E-state index in [-0.39, 0.29) is 11.3 Å². The number of hydrogen-bond donors (Lipinski definition) is 1. The topological polar surface area (TPSA) is 26.0 Å². The molecule has 1 rings (SSSR count). The molecule has 1 nitrogen and oxygen atoms in total. The second-order valence-corrected chi connectivity index (χ2v) is 3.41. The van der Waals surface area contributed by atoms with Gasteiger partial charge < -0.3 is 18.7 Å². The number of nitrogen functional groups attached to an aromatic ring is 1. The number of anilines is 1. The molecule has 2 N–H and O–H groups in total. The first kappa shape index (κ1) is 11.5. The van der Waals surface area contributed by atoms with Crippen LogP contribution < -0.4 is 5.73 Å². The highest BCUT2D eigenvalue weighted by Gasteiger charge is 2.24. The molecular weight excluding hydrogens is 202 g/mol. The highest BCUT2D eigenvalue weighted by atomic mass is 19.4. The molecule has 0 unspecified atom stereocenters. The SMILES string of the molecule is C#Cc1cc(N)cc(C[B-](F)(F)F)c1C. The molecule has 0 aliphatic carbocycles. The van der Waals surface area contributed by atoms with E-state index in [9.17, 15) is 12.9 Å².